The van der Waals surface area contributed by atoms with Crippen molar-refractivity contribution in [1.82, 2.24) is 5.32 Å². The van der Waals surface area contributed by atoms with Gasteiger partial charge in [0.25, 0.3) is 5.91 Å². The SMILES string of the molecule is CC(NC(=O)N(Cc1ccc(C(=O)N=C(N)N=N)cc1)c1ccc(C2=CCCCC2)cc1)c1ccccc1-c1ccccc1OC(F)(F)F. The number of para-hydroxylation sites is 1. The van der Waals surface area contributed by atoms with E-state index < -0.39 is 30.3 Å². The molecule has 1 unspecified atom stereocenters. The van der Waals surface area contributed by atoms with Gasteiger partial charge in [-0.05, 0) is 90.8 Å². The lowest BCUT2D eigenvalue weighted by Gasteiger charge is -2.27. The molecule has 1 aliphatic carbocycles. The van der Waals surface area contributed by atoms with Gasteiger partial charge in [-0.15, -0.1) is 18.3 Å². The van der Waals surface area contributed by atoms with E-state index in [1.165, 1.54) is 24.1 Å². The van der Waals surface area contributed by atoms with Crippen LogP contribution >= 0.6 is 0 Å². The number of carbonyl (C=O) groups is 2. The molecule has 252 valence electrons. The molecule has 12 heteroatoms. The number of nitrogens with one attached hydrogen (secondary N) is 2. The van der Waals surface area contributed by atoms with Crippen molar-refractivity contribution < 1.29 is 27.5 Å². The normalized spacial score (nSPS) is 14.0. The molecule has 9 nitrogen and oxygen atoms in total. The van der Waals surface area contributed by atoms with Crippen LogP contribution in [0.15, 0.2) is 113 Å². The van der Waals surface area contributed by atoms with Crippen LogP contribution < -0.4 is 20.7 Å². The summed E-state index contributed by atoms with van der Waals surface area (Å²) >= 11 is 0. The molecule has 3 amide bonds. The molecule has 0 saturated carbocycles. The minimum Gasteiger partial charge on any atom is -0.405 e. The van der Waals surface area contributed by atoms with Crippen LogP contribution in [0.1, 0.15) is 65.7 Å². The second kappa shape index (κ2) is 15.4. The summed E-state index contributed by atoms with van der Waals surface area (Å²) in [5.41, 5.74) is 17.5. The van der Waals surface area contributed by atoms with Crippen LogP contribution in [-0.4, -0.2) is 24.3 Å². The fourth-order valence-corrected chi connectivity index (χ4v) is 5.73. The van der Waals surface area contributed by atoms with Crippen molar-refractivity contribution in [1.29, 1.82) is 5.53 Å². The monoisotopic (exact) mass is 668 g/mol. The number of guanidine groups is 1. The third-order valence-electron chi connectivity index (χ3n) is 8.13. The Bertz CT molecular complexity index is 1870. The summed E-state index contributed by atoms with van der Waals surface area (Å²) in [5.74, 6) is -1.46. The highest BCUT2D eigenvalue weighted by Gasteiger charge is 2.32. The summed E-state index contributed by atoms with van der Waals surface area (Å²) in [5, 5.41) is 5.96. The number of alkyl halides is 3. The number of urea groups is 1. The molecule has 4 aromatic rings. The van der Waals surface area contributed by atoms with Gasteiger partial charge in [-0.1, -0.05) is 72.8 Å². The van der Waals surface area contributed by atoms with Crippen molar-refractivity contribution in [2.45, 2.75) is 51.6 Å². The highest BCUT2D eigenvalue weighted by Crippen LogP contribution is 2.37. The van der Waals surface area contributed by atoms with Crippen LogP contribution in [0.25, 0.3) is 16.7 Å². The lowest BCUT2D eigenvalue weighted by Crippen LogP contribution is -2.41. The zero-order valence-electron chi connectivity index (χ0n) is 26.7. The van der Waals surface area contributed by atoms with Crippen molar-refractivity contribution >= 4 is 29.2 Å². The van der Waals surface area contributed by atoms with Gasteiger partial charge in [-0.3, -0.25) is 9.69 Å². The van der Waals surface area contributed by atoms with Crippen LogP contribution in [0.3, 0.4) is 0 Å². The van der Waals surface area contributed by atoms with E-state index in [1.54, 1.807) is 72.5 Å². The van der Waals surface area contributed by atoms with Gasteiger partial charge in [0.2, 0.25) is 5.96 Å². The lowest BCUT2D eigenvalue weighted by atomic mass is 9.93. The number of allylic oxidation sites excluding steroid dienone is 2. The van der Waals surface area contributed by atoms with E-state index in [0.717, 1.165) is 24.8 Å². The third-order valence-corrected chi connectivity index (χ3v) is 8.13. The molecule has 1 atom stereocenters. The van der Waals surface area contributed by atoms with Crippen molar-refractivity contribution in [2.24, 2.45) is 15.8 Å². The lowest BCUT2D eigenvalue weighted by molar-refractivity contribution is -0.274. The summed E-state index contributed by atoms with van der Waals surface area (Å²) in [6.45, 7) is 1.89. The zero-order valence-corrected chi connectivity index (χ0v) is 26.7. The summed E-state index contributed by atoms with van der Waals surface area (Å²) in [6.07, 6.45) is 1.70. The second-order valence-electron chi connectivity index (χ2n) is 11.5. The summed E-state index contributed by atoms with van der Waals surface area (Å²) in [4.78, 5) is 31.5. The zero-order chi connectivity index (χ0) is 35.0. The molecule has 49 heavy (non-hydrogen) atoms. The Labute approximate surface area is 281 Å². The molecule has 0 radical (unpaired) electrons. The van der Waals surface area contributed by atoms with Gasteiger partial charge in [0, 0.05) is 16.8 Å². The maximum absolute atomic E-state index is 14.1. The number of hydrogen-bond acceptors (Lipinski definition) is 4. The highest BCUT2D eigenvalue weighted by molar-refractivity contribution is 6.02. The summed E-state index contributed by atoms with van der Waals surface area (Å²) < 4.78 is 44.0. The number of amides is 3. The molecule has 4 aromatic carbocycles. The predicted octanol–water partition coefficient (Wildman–Crippen LogP) is 9.17. The van der Waals surface area contributed by atoms with Gasteiger partial charge >= 0.3 is 12.4 Å². The van der Waals surface area contributed by atoms with E-state index in [9.17, 15) is 22.8 Å². The van der Waals surface area contributed by atoms with E-state index in [0.29, 0.717) is 22.4 Å². The number of benzene rings is 4. The van der Waals surface area contributed by atoms with Gasteiger partial charge < -0.3 is 15.8 Å². The van der Waals surface area contributed by atoms with Crippen LogP contribution in [0.4, 0.5) is 23.7 Å². The fraction of sp³-hybridized carbons (Fsp3) is 0.216. The summed E-state index contributed by atoms with van der Waals surface area (Å²) in [6, 6.07) is 25.9. The maximum Gasteiger partial charge on any atom is 0.573 e. The minimum atomic E-state index is -4.88. The number of rotatable bonds is 9. The Balaban J connectivity index is 1.44. The van der Waals surface area contributed by atoms with Crippen LogP contribution in [-0.2, 0) is 6.54 Å². The molecule has 0 fully saturated rings. The van der Waals surface area contributed by atoms with E-state index in [2.05, 4.69) is 26.2 Å². The Morgan fingerprint density at radius 3 is 2.27 bits per heavy atom. The Kier molecular flexibility index (Phi) is 10.9. The van der Waals surface area contributed by atoms with E-state index in [1.807, 2.05) is 24.3 Å². The first-order valence-electron chi connectivity index (χ1n) is 15.7. The minimum absolute atomic E-state index is 0.131. The first-order valence-corrected chi connectivity index (χ1v) is 15.7. The number of hydrogen-bond donors (Lipinski definition) is 3. The number of halogens is 3. The number of nitrogens with two attached hydrogens (primary N) is 1. The molecule has 0 aliphatic heterocycles. The Morgan fingerprint density at radius 1 is 0.939 bits per heavy atom. The predicted molar refractivity (Wildman–Crippen MR) is 182 cm³/mol. The van der Waals surface area contributed by atoms with Crippen molar-refractivity contribution in [3.8, 4) is 16.9 Å². The van der Waals surface area contributed by atoms with Crippen molar-refractivity contribution in [3.63, 3.8) is 0 Å². The molecule has 0 bridgehead atoms. The Morgan fingerprint density at radius 2 is 1.61 bits per heavy atom. The van der Waals surface area contributed by atoms with Gasteiger partial charge in [0.05, 0.1) is 12.6 Å². The van der Waals surface area contributed by atoms with Gasteiger partial charge in [-0.25, -0.2) is 10.3 Å². The first-order chi connectivity index (χ1) is 23.5. The van der Waals surface area contributed by atoms with Crippen molar-refractivity contribution in [3.05, 3.63) is 125 Å². The van der Waals surface area contributed by atoms with E-state index in [-0.39, 0.29) is 23.4 Å². The first kappa shape index (κ1) is 34.6. The molecule has 1 aliphatic rings. The standard InChI is InChI=1S/C37H35F3N6O3/c1-24(30-11-5-6-12-31(30)32-13-7-8-14-33(32)49-37(38,39)40)43-36(48)46(29-21-19-27(20-22-29)26-9-3-2-4-10-26)23-25-15-17-28(18-16-25)34(47)44-35(41)45-42/h5-9,11-22,24,42H,2-4,10,23H2,1H3,(H,43,48)(H2,41,44,47). The largest absolute Gasteiger partial charge is 0.573 e. The number of ether oxygens (including phenoxy) is 1. The van der Waals surface area contributed by atoms with Gasteiger partial charge in [0.15, 0.2) is 0 Å². The number of anilines is 1. The molecule has 5 rings (SSSR count). The van der Waals surface area contributed by atoms with Crippen LogP contribution in [0, 0.1) is 5.53 Å². The van der Waals surface area contributed by atoms with Gasteiger partial charge in [0.1, 0.15) is 5.75 Å². The molecular weight excluding hydrogens is 633 g/mol. The molecule has 4 N–H and O–H groups in total. The third kappa shape index (κ3) is 8.98. The highest BCUT2D eigenvalue weighted by atomic mass is 19.4. The molecule has 0 spiro atoms. The Hall–Kier alpha value is -5.78. The van der Waals surface area contributed by atoms with Crippen LogP contribution in [0.2, 0.25) is 0 Å². The number of nitrogens with zero attached hydrogens (tertiary/aromatic N) is 3. The second-order valence-corrected chi connectivity index (χ2v) is 11.5. The molecule has 0 aromatic heterocycles. The molecule has 0 saturated heterocycles. The maximum atomic E-state index is 14.1. The average Bonchev–Trinajstić information content (AvgIpc) is 3.10. The summed E-state index contributed by atoms with van der Waals surface area (Å²) in [7, 11) is 0. The molecular formula is C37H35F3N6O3. The smallest absolute Gasteiger partial charge is 0.405 e. The number of aliphatic imine (C=N–C) groups is 1. The van der Waals surface area contributed by atoms with E-state index in [4.69, 9.17) is 11.3 Å². The quantitative estimate of drug-likeness (QED) is 0.0932. The number of carbonyl (C=O) groups excluding carboxylic acids is 2. The van der Waals surface area contributed by atoms with E-state index >= 15 is 0 Å². The van der Waals surface area contributed by atoms with Crippen molar-refractivity contribution in [2.75, 3.05) is 4.90 Å². The average molecular weight is 669 g/mol. The molecule has 0 heterocycles. The fourth-order valence-electron chi connectivity index (χ4n) is 5.73. The topological polar surface area (TPSA) is 133 Å². The van der Waals surface area contributed by atoms with Gasteiger partial charge in [-0.2, -0.15) is 4.99 Å². The van der Waals surface area contributed by atoms with Crippen LogP contribution in [0.5, 0.6) is 5.75 Å².